The lowest BCUT2D eigenvalue weighted by Gasteiger charge is -2.19. The molecule has 0 unspecified atom stereocenters. The summed E-state index contributed by atoms with van der Waals surface area (Å²) in [5, 5.41) is 7.48. The number of ether oxygens (including phenoxy) is 1. The molecule has 2 saturated heterocycles. The fourth-order valence-electron chi connectivity index (χ4n) is 4.05. The molecule has 7 heteroatoms. The van der Waals surface area contributed by atoms with Gasteiger partial charge in [-0.2, -0.15) is 5.10 Å². The van der Waals surface area contributed by atoms with Crippen molar-refractivity contribution in [3.63, 3.8) is 0 Å². The lowest BCUT2D eigenvalue weighted by molar-refractivity contribution is 0.0903. The fraction of sp³-hybridized carbons (Fsp3) is 0.550. The molecule has 4 heterocycles. The number of nitrogens with zero attached hydrogens (tertiary/aromatic N) is 4. The van der Waals surface area contributed by atoms with Crippen LogP contribution in [0.1, 0.15) is 35.8 Å². The standard InChI is InChI=1S/C20H27N5O2/c1-14(2)25-10-15(7-23-25)9-24-11-18-17(13-27-19(18)12-24)8-22-20(26)16-3-5-21-6-4-16/h3-7,10,14,17-19H,8-9,11-13H2,1-2H3,(H,22,26)/t17-,18-,19-/m1/s1. The molecule has 27 heavy (non-hydrogen) atoms. The van der Waals surface area contributed by atoms with Gasteiger partial charge in [0.2, 0.25) is 0 Å². The van der Waals surface area contributed by atoms with Crippen LogP contribution in [0.25, 0.3) is 0 Å². The molecular weight excluding hydrogens is 342 g/mol. The molecular formula is C20H27N5O2. The topological polar surface area (TPSA) is 72.3 Å². The van der Waals surface area contributed by atoms with E-state index in [1.807, 2.05) is 10.9 Å². The molecule has 1 N–H and O–H groups in total. The van der Waals surface area contributed by atoms with Crippen LogP contribution >= 0.6 is 0 Å². The first-order chi connectivity index (χ1) is 13.1. The monoisotopic (exact) mass is 369 g/mol. The third-order valence-electron chi connectivity index (χ3n) is 5.57. The van der Waals surface area contributed by atoms with Gasteiger partial charge in [0, 0.05) is 73.8 Å². The highest BCUT2D eigenvalue weighted by molar-refractivity contribution is 5.93. The van der Waals surface area contributed by atoms with Crippen LogP contribution in [0, 0.1) is 11.8 Å². The van der Waals surface area contributed by atoms with Crippen LogP contribution in [0.15, 0.2) is 36.9 Å². The number of carbonyl (C=O) groups is 1. The summed E-state index contributed by atoms with van der Waals surface area (Å²) in [4.78, 5) is 18.6. The Bertz CT molecular complexity index is 776. The van der Waals surface area contributed by atoms with Gasteiger partial charge in [0.15, 0.2) is 0 Å². The maximum absolute atomic E-state index is 12.3. The van der Waals surface area contributed by atoms with Crippen LogP contribution < -0.4 is 5.32 Å². The first kappa shape index (κ1) is 18.1. The van der Waals surface area contributed by atoms with Crippen LogP contribution in [0.4, 0.5) is 0 Å². The van der Waals surface area contributed by atoms with Crippen LogP contribution in [-0.2, 0) is 11.3 Å². The number of pyridine rings is 1. The van der Waals surface area contributed by atoms with Gasteiger partial charge in [0.05, 0.1) is 18.9 Å². The Balaban J connectivity index is 1.29. The third-order valence-corrected chi connectivity index (χ3v) is 5.57. The van der Waals surface area contributed by atoms with Gasteiger partial charge in [-0.15, -0.1) is 0 Å². The van der Waals surface area contributed by atoms with Gasteiger partial charge in [-0.05, 0) is 26.0 Å². The van der Waals surface area contributed by atoms with Crippen molar-refractivity contribution in [3.8, 4) is 0 Å². The van der Waals surface area contributed by atoms with Crippen molar-refractivity contribution in [1.82, 2.24) is 25.0 Å². The molecule has 2 aromatic rings. The summed E-state index contributed by atoms with van der Waals surface area (Å²) in [5.74, 6) is 0.795. The smallest absolute Gasteiger partial charge is 0.251 e. The fourth-order valence-corrected chi connectivity index (χ4v) is 4.05. The summed E-state index contributed by atoms with van der Waals surface area (Å²) < 4.78 is 8.02. The van der Waals surface area contributed by atoms with Crippen molar-refractivity contribution >= 4 is 5.91 Å². The molecule has 2 aromatic heterocycles. The first-order valence-corrected chi connectivity index (χ1v) is 9.65. The highest BCUT2D eigenvalue weighted by Gasteiger charge is 2.43. The summed E-state index contributed by atoms with van der Waals surface area (Å²) in [7, 11) is 0. The number of likely N-dealkylation sites (tertiary alicyclic amines) is 1. The van der Waals surface area contributed by atoms with Gasteiger partial charge in [-0.1, -0.05) is 0 Å². The van der Waals surface area contributed by atoms with E-state index in [9.17, 15) is 4.79 Å². The zero-order valence-corrected chi connectivity index (χ0v) is 15.9. The number of rotatable bonds is 6. The van der Waals surface area contributed by atoms with Gasteiger partial charge in [-0.3, -0.25) is 19.4 Å². The molecule has 4 rings (SSSR count). The number of carbonyl (C=O) groups excluding carboxylic acids is 1. The SMILES string of the molecule is CC(C)n1cc(CN2C[C@@H]3[C@H](CNC(=O)c4ccncc4)CO[C@@H]3C2)cn1. The van der Waals surface area contributed by atoms with E-state index in [4.69, 9.17) is 4.74 Å². The maximum atomic E-state index is 12.3. The van der Waals surface area contributed by atoms with Crippen molar-refractivity contribution in [1.29, 1.82) is 0 Å². The lowest BCUT2D eigenvalue weighted by Crippen LogP contribution is -2.34. The quantitative estimate of drug-likeness (QED) is 0.840. The number of fused-ring (bicyclic) bond motifs is 1. The molecule has 1 amide bonds. The minimum atomic E-state index is -0.0446. The normalized spacial score (nSPS) is 25.1. The summed E-state index contributed by atoms with van der Waals surface area (Å²) in [6.07, 6.45) is 7.64. The molecule has 0 bridgehead atoms. The van der Waals surface area contributed by atoms with Crippen LogP contribution in [0.2, 0.25) is 0 Å². The van der Waals surface area contributed by atoms with Crippen molar-refractivity contribution in [3.05, 3.63) is 48.0 Å². The van der Waals surface area contributed by atoms with Crippen molar-refractivity contribution in [2.45, 2.75) is 32.5 Å². The summed E-state index contributed by atoms with van der Waals surface area (Å²) in [6.45, 7) is 8.51. The molecule has 0 radical (unpaired) electrons. The Morgan fingerprint density at radius 1 is 1.33 bits per heavy atom. The number of amides is 1. The molecule has 2 fully saturated rings. The molecule has 2 aliphatic heterocycles. The zero-order chi connectivity index (χ0) is 18.8. The van der Waals surface area contributed by atoms with Crippen LogP contribution in [0.3, 0.4) is 0 Å². The molecule has 0 spiro atoms. The predicted molar refractivity (Wildman–Crippen MR) is 101 cm³/mol. The number of nitrogens with one attached hydrogen (secondary N) is 1. The van der Waals surface area contributed by atoms with E-state index in [0.29, 0.717) is 30.0 Å². The Kier molecular flexibility index (Phi) is 5.22. The Hall–Kier alpha value is -2.25. The van der Waals surface area contributed by atoms with Crippen LogP contribution in [-0.4, -0.2) is 57.9 Å². The van der Waals surface area contributed by atoms with Gasteiger partial charge < -0.3 is 10.1 Å². The highest BCUT2D eigenvalue weighted by atomic mass is 16.5. The molecule has 7 nitrogen and oxygen atoms in total. The maximum Gasteiger partial charge on any atom is 0.251 e. The Labute approximate surface area is 159 Å². The largest absolute Gasteiger partial charge is 0.376 e. The predicted octanol–water partition coefficient (Wildman–Crippen LogP) is 1.74. The second-order valence-electron chi connectivity index (χ2n) is 7.86. The van der Waals surface area contributed by atoms with E-state index < -0.39 is 0 Å². The van der Waals surface area contributed by atoms with E-state index in [2.05, 4.69) is 40.3 Å². The third kappa shape index (κ3) is 4.04. The number of hydrogen-bond donors (Lipinski definition) is 1. The first-order valence-electron chi connectivity index (χ1n) is 9.65. The summed E-state index contributed by atoms with van der Waals surface area (Å²) in [5.41, 5.74) is 1.89. The van der Waals surface area contributed by atoms with E-state index in [-0.39, 0.29) is 12.0 Å². The zero-order valence-electron chi connectivity index (χ0n) is 15.9. The Morgan fingerprint density at radius 3 is 2.89 bits per heavy atom. The van der Waals surface area contributed by atoms with E-state index in [0.717, 1.165) is 26.2 Å². The minimum absolute atomic E-state index is 0.0446. The molecule has 144 valence electrons. The Morgan fingerprint density at radius 2 is 2.15 bits per heavy atom. The average molecular weight is 369 g/mol. The van der Waals surface area contributed by atoms with Crippen LogP contribution in [0.5, 0.6) is 0 Å². The average Bonchev–Trinajstić information content (AvgIpc) is 3.37. The van der Waals surface area contributed by atoms with E-state index in [1.165, 1.54) is 5.56 Å². The molecule has 0 saturated carbocycles. The second-order valence-corrected chi connectivity index (χ2v) is 7.86. The minimum Gasteiger partial charge on any atom is -0.376 e. The summed E-state index contributed by atoms with van der Waals surface area (Å²) >= 11 is 0. The molecule has 0 aromatic carbocycles. The number of aromatic nitrogens is 3. The van der Waals surface area contributed by atoms with E-state index >= 15 is 0 Å². The summed E-state index contributed by atoms with van der Waals surface area (Å²) in [6, 6.07) is 3.85. The van der Waals surface area contributed by atoms with E-state index in [1.54, 1.807) is 24.5 Å². The van der Waals surface area contributed by atoms with Crippen molar-refractivity contribution in [2.24, 2.45) is 11.8 Å². The lowest BCUT2D eigenvalue weighted by atomic mass is 9.93. The molecule has 3 atom stereocenters. The van der Waals surface area contributed by atoms with Gasteiger partial charge in [-0.25, -0.2) is 0 Å². The van der Waals surface area contributed by atoms with Crippen molar-refractivity contribution < 1.29 is 9.53 Å². The van der Waals surface area contributed by atoms with Gasteiger partial charge >= 0.3 is 0 Å². The van der Waals surface area contributed by atoms with Gasteiger partial charge in [0.1, 0.15) is 0 Å². The van der Waals surface area contributed by atoms with Gasteiger partial charge in [0.25, 0.3) is 5.91 Å². The number of hydrogen-bond acceptors (Lipinski definition) is 5. The second kappa shape index (κ2) is 7.78. The highest BCUT2D eigenvalue weighted by Crippen LogP contribution is 2.34. The molecule has 0 aliphatic carbocycles. The molecule has 2 aliphatic rings. The van der Waals surface area contributed by atoms with Crippen molar-refractivity contribution in [2.75, 3.05) is 26.2 Å².